The van der Waals surface area contributed by atoms with Gasteiger partial charge >= 0.3 is 15.1 Å². The minimum Gasteiger partial charge on any atom is -0.382 e. The Bertz CT molecular complexity index is 631. The van der Waals surface area contributed by atoms with Crippen LogP contribution >= 0.6 is 9.12 Å². The number of carbonyl (C=O) groups excluding carboxylic acids is 2. The standard InChI is InChI=1S/C21H30O5.H2OP/c1-14-12-15(2)18(16(3)13-14)20(22)19(17-8-6-5-7-9-17)21(23)26-25-11-10-24-4;1-2/h12-13,17,19H,5-11H2,1-4H3;2H2/q;+1. The number of rotatable bonds is 8. The maximum absolute atomic E-state index is 13.3. The lowest BCUT2D eigenvalue weighted by Crippen LogP contribution is -2.35. The molecule has 0 heterocycles. The quantitative estimate of drug-likeness (QED) is 0.158. The largest absolute Gasteiger partial charge is 0.382 e. The van der Waals surface area contributed by atoms with Crippen LogP contribution in [0.3, 0.4) is 0 Å². The molecule has 0 spiro atoms. The second kappa shape index (κ2) is 12.8. The lowest BCUT2D eigenvalue weighted by molar-refractivity contribution is -0.279. The summed E-state index contributed by atoms with van der Waals surface area (Å²) >= 11 is 0. The van der Waals surface area contributed by atoms with Crippen LogP contribution in [0.4, 0.5) is 0 Å². The highest BCUT2D eigenvalue weighted by Gasteiger charge is 2.39. The first-order valence-corrected chi connectivity index (χ1v) is 10.1. The van der Waals surface area contributed by atoms with E-state index in [1.54, 1.807) is 7.11 Å². The van der Waals surface area contributed by atoms with Gasteiger partial charge in [0.15, 0.2) is 5.78 Å². The number of benzene rings is 1. The highest BCUT2D eigenvalue weighted by Crippen LogP contribution is 2.34. The number of hydrogen-bond acceptors (Lipinski definition) is 6. The first-order valence-electron chi connectivity index (χ1n) is 9.63. The zero-order chi connectivity index (χ0) is 21.1. The van der Waals surface area contributed by atoms with E-state index in [2.05, 4.69) is 0 Å². The molecule has 0 aliphatic heterocycles. The van der Waals surface area contributed by atoms with Crippen molar-refractivity contribution in [1.82, 2.24) is 0 Å². The average Bonchev–Trinajstić information content (AvgIpc) is 2.67. The fourth-order valence-corrected chi connectivity index (χ4v) is 3.97. The molecule has 2 unspecified atom stereocenters. The molecule has 0 N–H and O–H groups in total. The molecule has 1 fully saturated rings. The lowest BCUT2D eigenvalue weighted by atomic mass is 9.75. The summed E-state index contributed by atoms with van der Waals surface area (Å²) < 4.78 is 13.0. The molecule has 7 heteroatoms. The Morgan fingerprint density at radius 2 is 1.61 bits per heavy atom. The summed E-state index contributed by atoms with van der Waals surface area (Å²) in [6.45, 7) is 6.32. The second-order valence-electron chi connectivity index (χ2n) is 7.23. The van der Waals surface area contributed by atoms with Crippen molar-refractivity contribution in [3.05, 3.63) is 34.4 Å². The molecular weight excluding hydrogens is 379 g/mol. The van der Waals surface area contributed by atoms with Crippen molar-refractivity contribution in [2.24, 2.45) is 11.8 Å². The summed E-state index contributed by atoms with van der Waals surface area (Å²) in [4.78, 5) is 36.0. The van der Waals surface area contributed by atoms with Crippen LogP contribution in [0.2, 0.25) is 0 Å². The number of carbonyl (C=O) groups is 2. The lowest BCUT2D eigenvalue weighted by Gasteiger charge is -2.28. The molecule has 0 saturated heterocycles. The van der Waals surface area contributed by atoms with Crippen LogP contribution in [0.25, 0.3) is 0 Å². The van der Waals surface area contributed by atoms with E-state index < -0.39 is 11.9 Å². The zero-order valence-corrected chi connectivity index (χ0v) is 18.4. The smallest absolute Gasteiger partial charge is 0.353 e. The van der Waals surface area contributed by atoms with Crippen molar-refractivity contribution in [2.45, 2.75) is 52.9 Å². The first-order chi connectivity index (χ1) is 13.5. The number of ketones is 1. The van der Waals surface area contributed by atoms with Crippen LogP contribution < -0.4 is 0 Å². The molecule has 0 aromatic heterocycles. The van der Waals surface area contributed by atoms with Gasteiger partial charge in [0.25, 0.3) is 0 Å². The van der Waals surface area contributed by atoms with Gasteiger partial charge < -0.3 is 4.74 Å². The summed E-state index contributed by atoms with van der Waals surface area (Å²) in [5.41, 5.74) is 3.55. The molecule has 1 aliphatic rings. The van der Waals surface area contributed by atoms with Gasteiger partial charge in [-0.1, -0.05) is 41.5 Å². The van der Waals surface area contributed by atoms with Gasteiger partial charge in [0.1, 0.15) is 12.5 Å². The van der Waals surface area contributed by atoms with Gasteiger partial charge in [-0.15, -0.1) is 0 Å². The van der Waals surface area contributed by atoms with Gasteiger partial charge in [-0.05, 0) is 50.7 Å². The van der Waals surface area contributed by atoms with Crippen molar-refractivity contribution in [3.8, 4) is 0 Å². The number of methoxy groups -OCH3 is 1. The Labute approximate surface area is 169 Å². The Kier molecular flexibility index (Phi) is 11.1. The normalized spacial score (nSPS) is 15.3. The van der Waals surface area contributed by atoms with E-state index in [4.69, 9.17) is 19.1 Å². The summed E-state index contributed by atoms with van der Waals surface area (Å²) in [5.74, 6) is -1.53. The highest BCUT2D eigenvalue weighted by molar-refractivity contribution is 7.00. The van der Waals surface area contributed by atoms with Crippen LogP contribution in [0.5, 0.6) is 0 Å². The van der Waals surface area contributed by atoms with Gasteiger partial charge in [-0.2, -0.15) is 4.89 Å². The van der Waals surface area contributed by atoms with Crippen molar-refractivity contribution < 1.29 is 28.7 Å². The number of hydrogen-bond donors (Lipinski definition) is 0. The molecule has 1 aliphatic carbocycles. The van der Waals surface area contributed by atoms with Crippen molar-refractivity contribution in [3.63, 3.8) is 0 Å². The summed E-state index contributed by atoms with van der Waals surface area (Å²) in [6, 6.07) is 3.97. The minimum absolute atomic E-state index is 0.00915. The molecule has 0 radical (unpaired) electrons. The molecule has 1 saturated carbocycles. The van der Waals surface area contributed by atoms with Gasteiger partial charge in [-0.3, -0.25) is 9.68 Å². The van der Waals surface area contributed by atoms with E-state index in [-0.39, 0.29) is 18.3 Å². The molecule has 1 aromatic rings. The van der Waals surface area contributed by atoms with E-state index >= 15 is 0 Å². The van der Waals surface area contributed by atoms with E-state index in [1.807, 2.05) is 32.9 Å². The third-order valence-electron chi connectivity index (χ3n) is 5.09. The van der Waals surface area contributed by atoms with Gasteiger partial charge in [0.2, 0.25) is 0 Å². The molecule has 2 rings (SSSR count). The molecule has 1 aromatic carbocycles. The van der Waals surface area contributed by atoms with E-state index in [9.17, 15) is 9.59 Å². The fraction of sp³-hybridized carbons (Fsp3) is 0.619. The Morgan fingerprint density at radius 1 is 1.04 bits per heavy atom. The fourth-order valence-electron chi connectivity index (χ4n) is 3.97. The summed E-state index contributed by atoms with van der Waals surface area (Å²) in [5, 5.41) is 0. The van der Waals surface area contributed by atoms with Crippen molar-refractivity contribution >= 4 is 20.9 Å². The molecule has 6 nitrogen and oxygen atoms in total. The molecule has 0 amide bonds. The van der Waals surface area contributed by atoms with Gasteiger partial charge in [0, 0.05) is 12.7 Å². The maximum Gasteiger partial charge on any atom is 0.353 e. The predicted octanol–water partition coefficient (Wildman–Crippen LogP) is 4.32. The van der Waals surface area contributed by atoms with E-state index in [0.717, 1.165) is 48.8 Å². The monoisotopic (exact) mass is 411 g/mol. The highest BCUT2D eigenvalue weighted by atomic mass is 31.0. The summed E-state index contributed by atoms with van der Waals surface area (Å²) in [6.07, 6.45) is 4.97. The Hall–Kier alpha value is -1.62. The molecule has 2 atom stereocenters. The number of ether oxygens (including phenoxy) is 1. The maximum atomic E-state index is 13.3. The SMILES string of the molecule is COCCOOC(=O)C(C(=O)c1c(C)cc(C)cc1C)C1CCCCC1.O=[PH2+]. The van der Waals surface area contributed by atoms with E-state index in [1.165, 1.54) is 9.12 Å². The Balaban J connectivity index is 0.00000190. The van der Waals surface area contributed by atoms with Crippen LogP contribution in [-0.4, -0.2) is 32.1 Å². The molecule has 0 bridgehead atoms. The second-order valence-corrected chi connectivity index (χ2v) is 7.23. The van der Waals surface area contributed by atoms with Crippen molar-refractivity contribution in [1.29, 1.82) is 0 Å². The average molecular weight is 411 g/mol. The van der Waals surface area contributed by atoms with E-state index in [0.29, 0.717) is 12.2 Å². The van der Waals surface area contributed by atoms with Crippen LogP contribution in [0.1, 0.15) is 59.2 Å². The first kappa shape index (κ1) is 24.4. The van der Waals surface area contributed by atoms with Crippen molar-refractivity contribution in [2.75, 3.05) is 20.3 Å². The summed E-state index contributed by atoms with van der Waals surface area (Å²) in [7, 11) is 2.71. The topological polar surface area (TPSA) is 78.9 Å². The number of Topliss-reactive ketones (excluding diaryl/α,β-unsaturated/α-hetero) is 1. The van der Waals surface area contributed by atoms with Crippen LogP contribution in [0, 0.1) is 32.6 Å². The van der Waals surface area contributed by atoms with Gasteiger partial charge in [0.05, 0.1) is 6.61 Å². The molecule has 28 heavy (non-hydrogen) atoms. The minimum atomic E-state index is -0.807. The number of aryl methyl sites for hydroxylation is 3. The van der Waals surface area contributed by atoms with Gasteiger partial charge in [-0.25, -0.2) is 4.79 Å². The Morgan fingerprint density at radius 3 is 2.14 bits per heavy atom. The van der Waals surface area contributed by atoms with Crippen LogP contribution in [-0.2, 0) is 23.9 Å². The van der Waals surface area contributed by atoms with Crippen LogP contribution in [0.15, 0.2) is 12.1 Å². The zero-order valence-electron chi connectivity index (χ0n) is 17.3. The predicted molar refractivity (Wildman–Crippen MR) is 109 cm³/mol. The third-order valence-corrected chi connectivity index (χ3v) is 5.09. The third kappa shape index (κ3) is 6.77. The molecule has 156 valence electrons. The molecular formula is C21H32O6P+.